The van der Waals surface area contributed by atoms with Crippen molar-refractivity contribution >= 4 is 23.7 Å². The molecule has 238 valence electrons. The molecule has 2 heterocycles. The summed E-state index contributed by atoms with van der Waals surface area (Å²) in [4.78, 5) is 49.4. The smallest absolute Gasteiger partial charge is 0.330 e. The summed E-state index contributed by atoms with van der Waals surface area (Å²) in [6, 6.07) is 15.4. The lowest BCUT2D eigenvalue weighted by atomic mass is 9.94. The minimum Gasteiger partial charge on any atom is -0.463 e. The van der Waals surface area contributed by atoms with Gasteiger partial charge in [-0.15, -0.1) is 0 Å². The molecule has 12 nitrogen and oxygen atoms in total. The van der Waals surface area contributed by atoms with E-state index in [-0.39, 0.29) is 25.6 Å². The first-order valence-corrected chi connectivity index (χ1v) is 15.2. The summed E-state index contributed by atoms with van der Waals surface area (Å²) in [6.07, 6.45) is 9.29. The van der Waals surface area contributed by atoms with E-state index in [4.69, 9.17) is 9.84 Å². The van der Waals surface area contributed by atoms with Crippen LogP contribution in [-0.2, 0) is 44.8 Å². The highest BCUT2D eigenvalue weighted by Gasteiger charge is 2.46. The zero-order valence-electron chi connectivity index (χ0n) is 26.1. The van der Waals surface area contributed by atoms with Crippen molar-refractivity contribution in [3.05, 3.63) is 96.0 Å². The maximum atomic E-state index is 13.7. The number of esters is 1. The van der Waals surface area contributed by atoms with Crippen LogP contribution < -0.4 is 16.0 Å². The Morgan fingerprint density at radius 2 is 1.76 bits per heavy atom. The lowest BCUT2D eigenvalue weighted by Gasteiger charge is -2.21. The van der Waals surface area contributed by atoms with E-state index in [0.717, 1.165) is 59.5 Å². The minimum absolute atomic E-state index is 0.0880. The van der Waals surface area contributed by atoms with E-state index in [9.17, 15) is 19.2 Å². The number of ether oxygens (including phenoxy) is 1. The number of benzene rings is 2. The average molecular weight is 624 g/mol. The van der Waals surface area contributed by atoms with Crippen LogP contribution in [0.25, 0.3) is 22.4 Å². The molecule has 1 aliphatic rings. The first kappa shape index (κ1) is 31.9. The number of aromatic nitrogens is 4. The van der Waals surface area contributed by atoms with Gasteiger partial charge in [0.05, 0.1) is 30.6 Å². The van der Waals surface area contributed by atoms with Crippen LogP contribution >= 0.6 is 0 Å². The molecule has 0 radical (unpaired) electrons. The van der Waals surface area contributed by atoms with Gasteiger partial charge in [-0.2, -0.15) is 10.2 Å². The number of aryl methyl sites for hydroxylation is 2. The Labute approximate surface area is 266 Å². The number of amides is 3. The third-order valence-electron chi connectivity index (χ3n) is 7.71. The SMILES string of the molecule is CCOC(=O)/C=C/C(=O)NCC(=O)NCc1ccccc1C(=O)NC1(c2cc(-c3cnn(C)c3)cc(-c3ccn(CC)n3)c2)CC1. The molecule has 2 aromatic carbocycles. The van der Waals surface area contributed by atoms with Crippen LogP contribution in [0.2, 0.25) is 0 Å². The standard InChI is InChI=1S/C34H37N7O5/c1-4-41-15-12-29(39-41)25-16-24(26-20-37-40(3)22-26)17-27(18-25)34(13-14-34)38-33(45)28-9-7-6-8-23(28)19-35-31(43)21-36-30(42)10-11-32(44)46-5-2/h6-12,15-18,20,22H,4-5,13-14,19,21H2,1-3H3,(H,35,43)(H,36,42)(H,38,45)/b11-10+. The largest absolute Gasteiger partial charge is 0.463 e. The van der Waals surface area contributed by atoms with Crippen LogP contribution in [0.15, 0.2) is 79.3 Å². The molecule has 2 aromatic heterocycles. The Kier molecular flexibility index (Phi) is 9.75. The minimum atomic E-state index is -0.643. The maximum Gasteiger partial charge on any atom is 0.330 e. The van der Waals surface area contributed by atoms with Crippen molar-refractivity contribution in [1.82, 2.24) is 35.5 Å². The lowest BCUT2D eigenvalue weighted by molar-refractivity contribution is -0.137. The van der Waals surface area contributed by atoms with Crippen molar-refractivity contribution in [2.45, 2.75) is 45.3 Å². The second-order valence-corrected chi connectivity index (χ2v) is 11.0. The molecule has 1 saturated carbocycles. The summed E-state index contributed by atoms with van der Waals surface area (Å²) in [5.74, 6) is -1.94. The van der Waals surface area contributed by atoms with E-state index in [0.29, 0.717) is 11.1 Å². The Bertz CT molecular complexity index is 1780. The fraction of sp³-hybridized carbons (Fsp3) is 0.294. The molecule has 1 aliphatic carbocycles. The Balaban J connectivity index is 1.29. The van der Waals surface area contributed by atoms with Crippen LogP contribution in [0.4, 0.5) is 0 Å². The molecular formula is C34H37N7O5. The van der Waals surface area contributed by atoms with Crippen molar-refractivity contribution in [2.75, 3.05) is 13.2 Å². The molecule has 1 fully saturated rings. The van der Waals surface area contributed by atoms with E-state index < -0.39 is 23.3 Å². The average Bonchev–Trinajstić information content (AvgIpc) is 3.45. The number of hydrogen-bond donors (Lipinski definition) is 3. The van der Waals surface area contributed by atoms with Crippen LogP contribution in [0.5, 0.6) is 0 Å². The van der Waals surface area contributed by atoms with Gasteiger partial charge in [-0.3, -0.25) is 23.7 Å². The van der Waals surface area contributed by atoms with Crippen LogP contribution in [0.1, 0.15) is 48.2 Å². The predicted molar refractivity (Wildman–Crippen MR) is 171 cm³/mol. The number of hydrogen-bond acceptors (Lipinski definition) is 7. The summed E-state index contributed by atoms with van der Waals surface area (Å²) >= 11 is 0. The highest BCUT2D eigenvalue weighted by Crippen LogP contribution is 2.47. The predicted octanol–water partition coefficient (Wildman–Crippen LogP) is 3.24. The second-order valence-electron chi connectivity index (χ2n) is 11.0. The fourth-order valence-corrected chi connectivity index (χ4v) is 5.09. The van der Waals surface area contributed by atoms with Crippen LogP contribution in [0.3, 0.4) is 0 Å². The third kappa shape index (κ3) is 7.76. The molecule has 3 N–H and O–H groups in total. The molecule has 0 unspecified atom stereocenters. The Morgan fingerprint density at radius 1 is 0.978 bits per heavy atom. The van der Waals surface area contributed by atoms with Crippen LogP contribution in [0, 0.1) is 0 Å². The van der Waals surface area contributed by atoms with Gasteiger partial charge in [-0.1, -0.05) is 18.2 Å². The summed E-state index contributed by atoms with van der Waals surface area (Å²) in [6.45, 7) is 4.45. The van der Waals surface area contributed by atoms with Crippen molar-refractivity contribution in [2.24, 2.45) is 7.05 Å². The fourth-order valence-electron chi connectivity index (χ4n) is 5.09. The van der Waals surface area contributed by atoms with Crippen molar-refractivity contribution in [3.8, 4) is 22.4 Å². The quantitative estimate of drug-likeness (QED) is 0.153. The monoisotopic (exact) mass is 623 g/mol. The third-order valence-corrected chi connectivity index (χ3v) is 7.71. The summed E-state index contributed by atoms with van der Waals surface area (Å²) in [5, 5.41) is 17.5. The molecule has 0 bridgehead atoms. The van der Waals surface area contributed by atoms with Crippen molar-refractivity contribution < 1.29 is 23.9 Å². The number of nitrogens with zero attached hydrogens (tertiary/aromatic N) is 4. The van der Waals surface area contributed by atoms with Gasteiger partial charge in [0.2, 0.25) is 11.8 Å². The van der Waals surface area contributed by atoms with Gasteiger partial charge in [0, 0.05) is 61.4 Å². The molecule has 46 heavy (non-hydrogen) atoms. The lowest BCUT2D eigenvalue weighted by Crippen LogP contribution is -2.37. The van der Waals surface area contributed by atoms with E-state index in [1.54, 1.807) is 35.9 Å². The highest BCUT2D eigenvalue weighted by atomic mass is 16.5. The molecule has 0 aliphatic heterocycles. The summed E-state index contributed by atoms with van der Waals surface area (Å²) < 4.78 is 8.36. The number of nitrogens with one attached hydrogen (secondary N) is 3. The van der Waals surface area contributed by atoms with E-state index in [2.05, 4.69) is 39.2 Å². The zero-order valence-corrected chi connectivity index (χ0v) is 26.1. The van der Waals surface area contributed by atoms with E-state index in [1.807, 2.05) is 43.3 Å². The normalized spacial score (nSPS) is 13.3. The molecule has 3 amide bonds. The molecular weight excluding hydrogens is 586 g/mol. The van der Waals surface area contributed by atoms with Crippen molar-refractivity contribution in [1.29, 1.82) is 0 Å². The first-order chi connectivity index (χ1) is 22.2. The topological polar surface area (TPSA) is 149 Å². The first-order valence-electron chi connectivity index (χ1n) is 15.2. The molecule has 12 heteroatoms. The highest BCUT2D eigenvalue weighted by molar-refractivity contribution is 5.97. The molecule has 4 aromatic rings. The molecule has 0 saturated heterocycles. The number of carbonyl (C=O) groups excluding carboxylic acids is 4. The zero-order chi connectivity index (χ0) is 32.7. The second kappa shape index (κ2) is 14.1. The van der Waals surface area contributed by atoms with Crippen molar-refractivity contribution in [3.63, 3.8) is 0 Å². The van der Waals surface area contributed by atoms with E-state index in [1.165, 1.54) is 0 Å². The van der Waals surface area contributed by atoms with Gasteiger partial charge < -0.3 is 20.7 Å². The van der Waals surface area contributed by atoms with Gasteiger partial charge in [0.1, 0.15) is 0 Å². The summed E-state index contributed by atoms with van der Waals surface area (Å²) in [5.41, 5.74) is 5.28. The molecule has 0 spiro atoms. The van der Waals surface area contributed by atoms with Gasteiger partial charge >= 0.3 is 5.97 Å². The van der Waals surface area contributed by atoms with Crippen LogP contribution in [-0.4, -0.2) is 56.4 Å². The Morgan fingerprint density at radius 3 is 2.46 bits per heavy atom. The molecule has 5 rings (SSSR count). The number of rotatable bonds is 13. The van der Waals surface area contributed by atoms with Gasteiger partial charge in [0.15, 0.2) is 0 Å². The van der Waals surface area contributed by atoms with Gasteiger partial charge in [0.25, 0.3) is 5.91 Å². The number of carbonyl (C=O) groups is 4. The molecule has 0 atom stereocenters. The summed E-state index contributed by atoms with van der Waals surface area (Å²) in [7, 11) is 1.88. The van der Waals surface area contributed by atoms with E-state index >= 15 is 0 Å². The maximum absolute atomic E-state index is 13.7. The van der Waals surface area contributed by atoms with Gasteiger partial charge in [-0.25, -0.2) is 4.79 Å². The van der Waals surface area contributed by atoms with Gasteiger partial charge in [-0.05, 0) is 73.7 Å². The Hall–Kier alpha value is -5.52.